The average molecular weight is 490 g/mol. The molecule has 0 atom stereocenters. The maximum Gasteiger partial charge on any atom is 0.254 e. The van der Waals surface area contributed by atoms with Crippen molar-refractivity contribution in [2.45, 2.75) is 31.7 Å². The maximum absolute atomic E-state index is 15.1. The van der Waals surface area contributed by atoms with Crippen LogP contribution in [-0.4, -0.2) is 43.1 Å². The normalized spacial score (nSPS) is 13.8. The van der Waals surface area contributed by atoms with E-state index in [-0.39, 0.29) is 47.3 Å². The van der Waals surface area contributed by atoms with Crippen LogP contribution in [-0.2, 0) is 22.8 Å². The minimum atomic E-state index is -3.74. The number of amides is 1. The Bertz CT molecular complexity index is 1320. The molecule has 1 amide bonds. The summed E-state index contributed by atoms with van der Waals surface area (Å²) in [6.45, 7) is 4.04. The lowest BCUT2D eigenvalue weighted by molar-refractivity contribution is 0.0731. The minimum absolute atomic E-state index is 0.105. The molecule has 0 radical (unpaired) electrons. The summed E-state index contributed by atoms with van der Waals surface area (Å²) in [4.78, 5) is 19.6. The number of hydrogen-bond acceptors (Lipinski definition) is 7. The van der Waals surface area contributed by atoms with Gasteiger partial charge in [0.15, 0.2) is 15.0 Å². The molecular weight excluding hydrogens is 465 g/mol. The number of ether oxygens (including phenoxy) is 1. The largest absolute Gasteiger partial charge is 0.491 e. The molecular formula is C23H24FN3O4S2. The Kier molecular flexibility index (Phi) is 6.40. The summed E-state index contributed by atoms with van der Waals surface area (Å²) in [7, 11) is -3.74. The Balaban J connectivity index is 1.68. The van der Waals surface area contributed by atoms with Crippen molar-refractivity contribution in [3.63, 3.8) is 0 Å². The van der Waals surface area contributed by atoms with Crippen LogP contribution in [0.2, 0.25) is 0 Å². The second-order valence-electron chi connectivity index (χ2n) is 7.62. The maximum atomic E-state index is 15.1. The van der Waals surface area contributed by atoms with Gasteiger partial charge >= 0.3 is 0 Å². The first kappa shape index (κ1) is 23.2. The predicted octanol–water partition coefficient (Wildman–Crippen LogP) is 3.92. The standard InChI is InChI=1S/C23H24FN3O4S2/c1-3-16-17(6-8-20(21(16)24)33(29,30)4-2)22(28)27-9-10-31-18-7-5-14(11-15(18)13-27)19-12-26-23(25)32-19/h5-8,11-12H,3-4,9-10,13H2,1-2H3,(H2,25,26). The van der Waals surface area contributed by atoms with Crippen molar-refractivity contribution in [2.75, 3.05) is 24.6 Å². The number of carbonyl (C=O) groups excluding carboxylic acids is 1. The molecule has 1 aliphatic heterocycles. The van der Waals surface area contributed by atoms with Gasteiger partial charge in [-0.2, -0.15) is 0 Å². The first-order valence-electron chi connectivity index (χ1n) is 10.6. The van der Waals surface area contributed by atoms with Crippen LogP contribution >= 0.6 is 11.3 Å². The number of nitrogens with zero attached hydrogens (tertiary/aromatic N) is 2. The molecule has 3 aromatic rings. The van der Waals surface area contributed by atoms with E-state index < -0.39 is 15.7 Å². The van der Waals surface area contributed by atoms with Crippen LogP contribution in [0.4, 0.5) is 9.52 Å². The molecule has 0 fully saturated rings. The molecule has 2 aromatic carbocycles. The lowest BCUT2D eigenvalue weighted by Gasteiger charge is -2.22. The number of carbonyl (C=O) groups is 1. The van der Waals surface area contributed by atoms with Crippen LogP contribution in [0.5, 0.6) is 5.75 Å². The highest BCUT2D eigenvalue weighted by Crippen LogP contribution is 2.33. The second-order valence-corrected chi connectivity index (χ2v) is 10.9. The number of fused-ring (bicyclic) bond motifs is 1. The Morgan fingerprint density at radius 1 is 1.27 bits per heavy atom. The van der Waals surface area contributed by atoms with Crippen LogP contribution in [0.3, 0.4) is 0 Å². The highest BCUT2D eigenvalue weighted by molar-refractivity contribution is 7.91. The first-order chi connectivity index (χ1) is 15.7. The van der Waals surface area contributed by atoms with Crippen molar-refractivity contribution in [3.8, 4) is 16.2 Å². The molecule has 0 bridgehead atoms. The summed E-state index contributed by atoms with van der Waals surface area (Å²) < 4.78 is 45.4. The number of aromatic nitrogens is 1. The lowest BCUT2D eigenvalue weighted by atomic mass is 10.0. The number of rotatable bonds is 5. The lowest BCUT2D eigenvalue weighted by Crippen LogP contribution is -2.33. The van der Waals surface area contributed by atoms with E-state index in [9.17, 15) is 13.2 Å². The second kappa shape index (κ2) is 9.11. The molecule has 0 aliphatic carbocycles. The van der Waals surface area contributed by atoms with E-state index in [1.54, 1.807) is 18.0 Å². The van der Waals surface area contributed by atoms with Gasteiger partial charge in [-0.15, -0.1) is 0 Å². The quantitative estimate of drug-likeness (QED) is 0.583. The fourth-order valence-electron chi connectivity index (χ4n) is 3.85. The summed E-state index contributed by atoms with van der Waals surface area (Å²) in [5.74, 6) is -0.747. The number of halogens is 1. The number of hydrogen-bond donors (Lipinski definition) is 1. The molecule has 174 valence electrons. The zero-order chi connectivity index (χ0) is 23.8. The number of benzene rings is 2. The van der Waals surface area contributed by atoms with Crippen molar-refractivity contribution in [3.05, 3.63) is 59.0 Å². The molecule has 1 aliphatic rings. The van der Waals surface area contributed by atoms with Crippen LogP contribution < -0.4 is 10.5 Å². The summed E-state index contributed by atoms with van der Waals surface area (Å²) in [6, 6.07) is 8.31. The zero-order valence-electron chi connectivity index (χ0n) is 18.3. The SMILES string of the molecule is CCc1c(C(=O)N2CCOc3ccc(-c4cnc(N)s4)cc3C2)ccc(S(=O)(=O)CC)c1F. The van der Waals surface area contributed by atoms with E-state index >= 15 is 4.39 Å². The molecule has 4 rings (SSSR count). The van der Waals surface area contributed by atoms with Gasteiger partial charge in [0, 0.05) is 29.4 Å². The molecule has 2 N–H and O–H groups in total. The van der Waals surface area contributed by atoms with Crippen LogP contribution in [0, 0.1) is 5.82 Å². The fourth-order valence-corrected chi connectivity index (χ4v) is 5.52. The van der Waals surface area contributed by atoms with Gasteiger partial charge in [-0.1, -0.05) is 25.2 Å². The van der Waals surface area contributed by atoms with E-state index in [1.165, 1.54) is 30.4 Å². The third kappa shape index (κ3) is 4.45. The number of anilines is 1. The van der Waals surface area contributed by atoms with Gasteiger partial charge in [0.05, 0.1) is 17.2 Å². The summed E-state index contributed by atoms with van der Waals surface area (Å²) in [6.07, 6.45) is 1.89. The molecule has 0 saturated heterocycles. The van der Waals surface area contributed by atoms with Gasteiger partial charge in [-0.05, 0) is 42.3 Å². The molecule has 0 unspecified atom stereocenters. The highest BCUT2D eigenvalue weighted by atomic mass is 32.2. The number of nitrogens with two attached hydrogens (primary N) is 1. The highest BCUT2D eigenvalue weighted by Gasteiger charge is 2.27. The van der Waals surface area contributed by atoms with Gasteiger partial charge in [-0.25, -0.2) is 17.8 Å². The molecule has 1 aromatic heterocycles. The number of nitrogen functional groups attached to an aromatic ring is 1. The van der Waals surface area contributed by atoms with Crippen molar-refractivity contribution in [1.29, 1.82) is 0 Å². The Morgan fingerprint density at radius 2 is 2.06 bits per heavy atom. The predicted molar refractivity (Wildman–Crippen MR) is 126 cm³/mol. The molecule has 10 heteroatoms. The summed E-state index contributed by atoms with van der Waals surface area (Å²) >= 11 is 1.37. The van der Waals surface area contributed by atoms with E-state index in [0.29, 0.717) is 17.4 Å². The van der Waals surface area contributed by atoms with E-state index in [0.717, 1.165) is 16.0 Å². The van der Waals surface area contributed by atoms with Gasteiger partial charge in [0.2, 0.25) is 0 Å². The third-order valence-corrected chi connectivity index (χ3v) is 8.26. The van der Waals surface area contributed by atoms with Crippen molar-refractivity contribution >= 4 is 32.2 Å². The third-order valence-electron chi connectivity index (χ3n) is 5.64. The number of thiazole rings is 1. The fraction of sp³-hybridized carbons (Fsp3) is 0.304. The van der Waals surface area contributed by atoms with E-state index in [1.807, 2.05) is 18.2 Å². The average Bonchev–Trinajstić information content (AvgIpc) is 3.12. The molecule has 7 nitrogen and oxygen atoms in total. The Labute approximate surface area is 195 Å². The smallest absolute Gasteiger partial charge is 0.254 e. The molecule has 2 heterocycles. The topological polar surface area (TPSA) is 103 Å². The van der Waals surface area contributed by atoms with E-state index in [2.05, 4.69) is 4.98 Å². The molecule has 33 heavy (non-hydrogen) atoms. The van der Waals surface area contributed by atoms with Crippen LogP contribution in [0.1, 0.15) is 35.3 Å². The van der Waals surface area contributed by atoms with Crippen molar-refractivity contribution in [1.82, 2.24) is 9.88 Å². The molecule has 0 saturated carbocycles. The van der Waals surface area contributed by atoms with Crippen molar-refractivity contribution < 1.29 is 22.3 Å². The zero-order valence-corrected chi connectivity index (χ0v) is 19.9. The summed E-state index contributed by atoms with van der Waals surface area (Å²) in [5.41, 5.74) is 7.75. The van der Waals surface area contributed by atoms with E-state index in [4.69, 9.17) is 10.5 Å². The van der Waals surface area contributed by atoms with Gasteiger partial charge in [0.1, 0.15) is 23.1 Å². The Morgan fingerprint density at radius 3 is 2.73 bits per heavy atom. The Hall–Kier alpha value is -2.98. The van der Waals surface area contributed by atoms with Crippen molar-refractivity contribution in [2.24, 2.45) is 0 Å². The summed E-state index contributed by atoms with van der Waals surface area (Å²) in [5, 5.41) is 0.468. The van der Waals surface area contributed by atoms with Gasteiger partial charge in [-0.3, -0.25) is 4.79 Å². The van der Waals surface area contributed by atoms with Gasteiger partial charge < -0.3 is 15.4 Å². The van der Waals surface area contributed by atoms with Gasteiger partial charge in [0.25, 0.3) is 5.91 Å². The van der Waals surface area contributed by atoms with Crippen LogP contribution in [0.15, 0.2) is 41.4 Å². The monoisotopic (exact) mass is 489 g/mol. The minimum Gasteiger partial charge on any atom is -0.491 e. The first-order valence-corrected chi connectivity index (χ1v) is 13.0. The molecule has 0 spiro atoms. The number of sulfone groups is 1. The van der Waals surface area contributed by atoms with Crippen LogP contribution in [0.25, 0.3) is 10.4 Å².